The van der Waals surface area contributed by atoms with E-state index in [0.29, 0.717) is 11.1 Å². The maximum atomic E-state index is 13.5. The van der Waals surface area contributed by atoms with Gasteiger partial charge in [-0.25, -0.2) is 13.1 Å². The smallest absolute Gasteiger partial charge is 0.262 e. The Bertz CT molecular complexity index is 1510. The summed E-state index contributed by atoms with van der Waals surface area (Å²) in [7, 11) is -3.98. The Hall–Kier alpha value is -3.74. The molecule has 0 radical (unpaired) electrons. The first-order chi connectivity index (χ1) is 16.0. The van der Waals surface area contributed by atoms with Crippen molar-refractivity contribution in [3.63, 3.8) is 0 Å². The van der Waals surface area contributed by atoms with E-state index in [4.69, 9.17) is 4.42 Å². The van der Waals surface area contributed by atoms with Crippen LogP contribution in [0.4, 0.5) is 0 Å². The molecule has 0 amide bonds. The zero-order valence-electron chi connectivity index (χ0n) is 18.0. The van der Waals surface area contributed by atoms with Gasteiger partial charge < -0.3 is 4.42 Å². The molecule has 33 heavy (non-hydrogen) atoms. The van der Waals surface area contributed by atoms with Crippen molar-refractivity contribution >= 4 is 20.8 Å². The fourth-order valence-electron chi connectivity index (χ4n) is 3.80. The number of aromatic nitrogens is 1. The number of benzene rings is 4. The van der Waals surface area contributed by atoms with E-state index in [9.17, 15) is 8.42 Å². The van der Waals surface area contributed by atoms with E-state index in [-0.39, 0.29) is 16.7 Å². The molecule has 0 saturated carbocycles. The molecule has 164 valence electrons. The summed E-state index contributed by atoms with van der Waals surface area (Å²) >= 11 is 0. The van der Waals surface area contributed by atoms with Gasteiger partial charge in [-0.2, -0.15) is 4.98 Å². The molecule has 5 aromatic rings. The zero-order chi connectivity index (χ0) is 22.8. The lowest BCUT2D eigenvalue weighted by molar-refractivity contribution is 0.560. The summed E-state index contributed by atoms with van der Waals surface area (Å²) in [6.45, 7) is 1.82. The number of nitrogens with one attached hydrogen (secondary N) is 1. The Morgan fingerprint density at radius 1 is 0.758 bits per heavy atom. The van der Waals surface area contributed by atoms with Crippen molar-refractivity contribution in [3.05, 3.63) is 109 Å². The predicted octanol–water partition coefficient (Wildman–Crippen LogP) is 6.20. The van der Waals surface area contributed by atoms with Gasteiger partial charge in [0.1, 0.15) is 0 Å². The van der Waals surface area contributed by atoms with Crippen LogP contribution in [0.1, 0.15) is 18.5 Å². The minimum absolute atomic E-state index is 0.125. The maximum Gasteiger partial charge on any atom is 0.262 e. The fourth-order valence-corrected chi connectivity index (χ4v) is 5.12. The molecule has 1 heterocycles. The molecule has 5 nitrogen and oxygen atoms in total. The summed E-state index contributed by atoms with van der Waals surface area (Å²) in [4.78, 5) is 4.41. The van der Waals surface area contributed by atoms with E-state index in [0.717, 1.165) is 16.3 Å². The second-order valence-electron chi connectivity index (χ2n) is 7.83. The van der Waals surface area contributed by atoms with Crippen LogP contribution < -0.4 is 4.72 Å². The normalized spacial score (nSPS) is 12.6. The van der Waals surface area contributed by atoms with Gasteiger partial charge in [0, 0.05) is 17.2 Å². The van der Waals surface area contributed by atoms with Gasteiger partial charge in [0.15, 0.2) is 5.76 Å². The average molecular weight is 455 g/mol. The summed E-state index contributed by atoms with van der Waals surface area (Å²) in [5.74, 6) is 0.473. The second-order valence-corrected chi connectivity index (χ2v) is 9.46. The molecule has 0 aliphatic carbocycles. The van der Waals surface area contributed by atoms with Crippen LogP contribution in [0.2, 0.25) is 0 Å². The van der Waals surface area contributed by atoms with Crippen LogP contribution in [-0.4, -0.2) is 13.4 Å². The Balaban J connectivity index is 1.54. The van der Waals surface area contributed by atoms with Crippen LogP contribution in [0, 0.1) is 0 Å². The third-order valence-electron chi connectivity index (χ3n) is 5.51. The van der Waals surface area contributed by atoms with E-state index in [1.54, 1.807) is 12.1 Å². The third-order valence-corrected chi connectivity index (χ3v) is 6.96. The van der Waals surface area contributed by atoms with Crippen LogP contribution >= 0.6 is 0 Å². The molecular formula is C27H22N2O3S. The van der Waals surface area contributed by atoms with E-state index >= 15 is 0 Å². The van der Waals surface area contributed by atoms with Crippen LogP contribution in [0.3, 0.4) is 0 Å². The first-order valence-corrected chi connectivity index (χ1v) is 12.1. The van der Waals surface area contributed by atoms with Gasteiger partial charge in [0.25, 0.3) is 10.0 Å². The van der Waals surface area contributed by atoms with Crippen molar-refractivity contribution in [3.8, 4) is 22.8 Å². The van der Waals surface area contributed by atoms with Gasteiger partial charge >= 0.3 is 0 Å². The highest BCUT2D eigenvalue weighted by molar-refractivity contribution is 7.89. The van der Waals surface area contributed by atoms with Gasteiger partial charge in [0.2, 0.25) is 10.9 Å². The van der Waals surface area contributed by atoms with Crippen LogP contribution in [-0.2, 0) is 10.0 Å². The highest BCUT2D eigenvalue weighted by atomic mass is 32.2. The van der Waals surface area contributed by atoms with Crippen LogP contribution in [0.25, 0.3) is 33.6 Å². The molecule has 0 saturated heterocycles. The fraction of sp³-hybridized carbons (Fsp3) is 0.0741. The Morgan fingerprint density at radius 3 is 2.06 bits per heavy atom. The average Bonchev–Trinajstić information content (AvgIpc) is 3.31. The largest absolute Gasteiger partial charge is 0.435 e. The summed E-state index contributed by atoms with van der Waals surface area (Å²) in [5.41, 5.74) is 2.22. The number of rotatable bonds is 6. The number of oxazole rings is 1. The SMILES string of the molecule is C[C@H](NS(=O)(=O)c1nc(-c2ccccc2)oc1-c1ccccc1)c1ccc2ccccc2c1. The summed E-state index contributed by atoms with van der Waals surface area (Å²) in [6.07, 6.45) is 0. The lowest BCUT2D eigenvalue weighted by Gasteiger charge is -2.15. The van der Waals surface area contributed by atoms with E-state index in [2.05, 4.69) is 9.71 Å². The van der Waals surface area contributed by atoms with Crippen molar-refractivity contribution in [1.29, 1.82) is 0 Å². The summed E-state index contributed by atoms with van der Waals surface area (Å²) in [6, 6.07) is 31.9. The standard InChI is InChI=1S/C27H22N2O3S/c1-19(23-17-16-20-10-8-9-15-24(20)18-23)29-33(30,31)27-25(21-11-4-2-5-12-21)32-26(28-27)22-13-6-3-7-14-22/h2-19,29H,1H3/t19-/m0/s1. The molecule has 0 bridgehead atoms. The van der Waals surface area contributed by atoms with Crippen LogP contribution in [0.15, 0.2) is 113 Å². The Kier molecular flexibility index (Phi) is 5.54. The summed E-state index contributed by atoms with van der Waals surface area (Å²) in [5, 5.41) is 2.03. The quantitative estimate of drug-likeness (QED) is 0.331. The monoisotopic (exact) mass is 454 g/mol. The molecular weight excluding hydrogens is 432 g/mol. The lowest BCUT2D eigenvalue weighted by Crippen LogP contribution is -2.27. The maximum absolute atomic E-state index is 13.5. The van der Waals surface area contributed by atoms with Crippen LogP contribution in [0.5, 0.6) is 0 Å². The highest BCUT2D eigenvalue weighted by Gasteiger charge is 2.29. The molecule has 4 aromatic carbocycles. The van der Waals surface area contributed by atoms with Crippen molar-refractivity contribution in [1.82, 2.24) is 9.71 Å². The number of hydrogen-bond donors (Lipinski definition) is 1. The predicted molar refractivity (Wildman–Crippen MR) is 130 cm³/mol. The molecule has 6 heteroatoms. The number of nitrogens with zero attached hydrogens (tertiary/aromatic N) is 1. The molecule has 1 atom stereocenters. The Morgan fingerprint density at radius 2 is 1.36 bits per heavy atom. The lowest BCUT2D eigenvalue weighted by atomic mass is 10.0. The van der Waals surface area contributed by atoms with E-state index < -0.39 is 16.1 Å². The van der Waals surface area contributed by atoms with Gasteiger partial charge in [-0.15, -0.1) is 0 Å². The van der Waals surface area contributed by atoms with Gasteiger partial charge in [-0.1, -0.05) is 84.9 Å². The molecule has 0 spiro atoms. The van der Waals surface area contributed by atoms with Crippen molar-refractivity contribution in [2.24, 2.45) is 0 Å². The zero-order valence-corrected chi connectivity index (χ0v) is 18.8. The van der Waals surface area contributed by atoms with Crippen molar-refractivity contribution in [2.75, 3.05) is 0 Å². The van der Waals surface area contributed by atoms with Crippen molar-refractivity contribution in [2.45, 2.75) is 18.0 Å². The molecule has 1 N–H and O–H groups in total. The number of hydrogen-bond acceptors (Lipinski definition) is 4. The first-order valence-electron chi connectivity index (χ1n) is 10.6. The molecule has 1 aromatic heterocycles. The third kappa shape index (κ3) is 4.31. The second kappa shape index (κ2) is 8.65. The van der Waals surface area contributed by atoms with E-state index in [1.165, 1.54) is 0 Å². The molecule has 0 aliphatic rings. The number of sulfonamides is 1. The molecule has 5 rings (SSSR count). The highest BCUT2D eigenvalue weighted by Crippen LogP contribution is 2.33. The molecule has 0 unspecified atom stereocenters. The van der Waals surface area contributed by atoms with Gasteiger partial charge in [-0.3, -0.25) is 0 Å². The summed E-state index contributed by atoms with van der Waals surface area (Å²) < 4.78 is 35.7. The molecule has 0 aliphatic heterocycles. The van der Waals surface area contributed by atoms with Crippen molar-refractivity contribution < 1.29 is 12.8 Å². The minimum Gasteiger partial charge on any atom is -0.435 e. The molecule has 0 fully saturated rings. The van der Waals surface area contributed by atoms with Gasteiger partial charge in [-0.05, 0) is 41.5 Å². The van der Waals surface area contributed by atoms with E-state index in [1.807, 2.05) is 97.9 Å². The topological polar surface area (TPSA) is 72.2 Å². The minimum atomic E-state index is -3.98. The van der Waals surface area contributed by atoms with Gasteiger partial charge in [0.05, 0.1) is 0 Å². The Labute approximate surface area is 192 Å². The number of fused-ring (bicyclic) bond motifs is 1. The first kappa shape index (κ1) is 21.1.